The normalized spacial score (nSPS) is 17.0. The standard InChI is InChI=1S/C13H20N2O2S/c1-9(16)10-11(13(2,3)4)14-12(18-10)15-5-7-17-8-6-15/h5-8H2,1-4H3. The molecule has 0 aromatic carbocycles. The zero-order chi connectivity index (χ0) is 13.3. The molecule has 1 aliphatic heterocycles. The molecule has 0 saturated carbocycles. The van der Waals surface area contributed by atoms with Crippen molar-refractivity contribution in [1.82, 2.24) is 4.98 Å². The Balaban J connectivity index is 2.35. The lowest BCUT2D eigenvalue weighted by molar-refractivity contribution is 0.101. The molecule has 0 N–H and O–H groups in total. The number of hydrogen-bond acceptors (Lipinski definition) is 5. The average molecular weight is 268 g/mol. The first-order chi connectivity index (χ1) is 8.39. The Bertz CT molecular complexity index is 442. The van der Waals surface area contributed by atoms with Crippen LogP contribution in [0.5, 0.6) is 0 Å². The first kappa shape index (κ1) is 13.5. The molecule has 0 bridgehead atoms. The molecule has 1 saturated heterocycles. The molecule has 2 rings (SSSR count). The van der Waals surface area contributed by atoms with Gasteiger partial charge in [0.05, 0.1) is 23.8 Å². The summed E-state index contributed by atoms with van der Waals surface area (Å²) in [5, 5.41) is 0.952. The summed E-state index contributed by atoms with van der Waals surface area (Å²) < 4.78 is 5.34. The second-order valence-corrected chi connectivity index (χ2v) is 6.56. The lowest BCUT2D eigenvalue weighted by Crippen LogP contribution is -2.36. The van der Waals surface area contributed by atoms with Gasteiger partial charge in [0.25, 0.3) is 0 Å². The Labute approximate surface area is 112 Å². The van der Waals surface area contributed by atoms with E-state index in [1.165, 1.54) is 11.3 Å². The number of nitrogens with zero attached hydrogens (tertiary/aromatic N) is 2. The monoisotopic (exact) mass is 268 g/mol. The first-order valence-corrected chi connectivity index (χ1v) is 7.06. The van der Waals surface area contributed by atoms with E-state index in [0.29, 0.717) is 0 Å². The van der Waals surface area contributed by atoms with E-state index in [4.69, 9.17) is 9.72 Å². The zero-order valence-corrected chi connectivity index (χ0v) is 12.3. The third-order valence-corrected chi connectivity index (χ3v) is 4.14. The zero-order valence-electron chi connectivity index (χ0n) is 11.4. The van der Waals surface area contributed by atoms with Crippen molar-refractivity contribution in [3.63, 3.8) is 0 Å². The van der Waals surface area contributed by atoms with Gasteiger partial charge in [-0.25, -0.2) is 4.98 Å². The molecule has 2 heterocycles. The minimum Gasteiger partial charge on any atom is -0.378 e. The van der Waals surface area contributed by atoms with Crippen LogP contribution in [0.2, 0.25) is 0 Å². The summed E-state index contributed by atoms with van der Waals surface area (Å²) in [6, 6.07) is 0. The van der Waals surface area contributed by atoms with Crippen LogP contribution >= 0.6 is 11.3 Å². The SMILES string of the molecule is CC(=O)c1sc(N2CCOCC2)nc1C(C)(C)C. The van der Waals surface area contributed by atoms with Gasteiger partial charge in [0.1, 0.15) is 0 Å². The molecule has 1 aromatic rings. The summed E-state index contributed by atoms with van der Waals surface area (Å²) in [7, 11) is 0. The molecule has 1 aliphatic rings. The molecule has 1 aromatic heterocycles. The number of thiazole rings is 1. The number of anilines is 1. The van der Waals surface area contributed by atoms with E-state index in [1.54, 1.807) is 6.92 Å². The summed E-state index contributed by atoms with van der Waals surface area (Å²) in [4.78, 5) is 19.4. The summed E-state index contributed by atoms with van der Waals surface area (Å²) >= 11 is 1.51. The van der Waals surface area contributed by atoms with Crippen molar-refractivity contribution in [3.05, 3.63) is 10.6 Å². The number of rotatable bonds is 2. The van der Waals surface area contributed by atoms with Crippen molar-refractivity contribution in [2.75, 3.05) is 31.2 Å². The van der Waals surface area contributed by atoms with Crippen molar-refractivity contribution >= 4 is 22.3 Å². The highest BCUT2D eigenvalue weighted by molar-refractivity contribution is 7.17. The largest absolute Gasteiger partial charge is 0.378 e. The van der Waals surface area contributed by atoms with Crippen LogP contribution in [-0.4, -0.2) is 37.1 Å². The van der Waals surface area contributed by atoms with Gasteiger partial charge in [-0.2, -0.15) is 0 Å². The van der Waals surface area contributed by atoms with Gasteiger partial charge < -0.3 is 9.64 Å². The molecule has 0 aliphatic carbocycles. The molecular formula is C13H20N2O2S. The minimum atomic E-state index is -0.0952. The van der Waals surface area contributed by atoms with E-state index in [-0.39, 0.29) is 11.2 Å². The second kappa shape index (κ2) is 4.97. The van der Waals surface area contributed by atoms with Crippen LogP contribution in [0.15, 0.2) is 0 Å². The highest BCUT2D eigenvalue weighted by atomic mass is 32.1. The number of hydrogen-bond donors (Lipinski definition) is 0. The summed E-state index contributed by atoms with van der Waals surface area (Å²) in [5.74, 6) is 0.108. The number of aromatic nitrogens is 1. The quantitative estimate of drug-likeness (QED) is 0.773. The molecule has 4 nitrogen and oxygen atoms in total. The van der Waals surface area contributed by atoms with Crippen LogP contribution in [0.1, 0.15) is 43.1 Å². The molecule has 18 heavy (non-hydrogen) atoms. The van der Waals surface area contributed by atoms with E-state index < -0.39 is 0 Å². The predicted molar refractivity (Wildman–Crippen MR) is 73.9 cm³/mol. The predicted octanol–water partition coefficient (Wildman–Crippen LogP) is 2.48. The summed E-state index contributed by atoms with van der Waals surface area (Å²) in [6.45, 7) is 11.1. The van der Waals surface area contributed by atoms with E-state index in [2.05, 4.69) is 25.7 Å². The molecule has 0 radical (unpaired) electrons. The minimum absolute atomic E-state index is 0.0952. The number of morpholine rings is 1. The molecular weight excluding hydrogens is 248 g/mol. The van der Waals surface area contributed by atoms with Gasteiger partial charge in [-0.1, -0.05) is 32.1 Å². The molecule has 1 fully saturated rings. The molecule has 0 amide bonds. The van der Waals surface area contributed by atoms with Crippen LogP contribution in [0.3, 0.4) is 0 Å². The van der Waals surface area contributed by atoms with Crippen molar-refractivity contribution in [3.8, 4) is 0 Å². The fourth-order valence-electron chi connectivity index (χ4n) is 1.95. The number of ketones is 1. The lowest BCUT2D eigenvalue weighted by Gasteiger charge is -2.26. The molecule has 0 unspecified atom stereocenters. The van der Waals surface area contributed by atoms with Crippen LogP contribution in [-0.2, 0) is 10.2 Å². The average Bonchev–Trinajstić information content (AvgIpc) is 2.74. The van der Waals surface area contributed by atoms with Crippen molar-refractivity contribution in [1.29, 1.82) is 0 Å². The number of ether oxygens (including phenoxy) is 1. The highest BCUT2D eigenvalue weighted by Gasteiger charge is 2.27. The van der Waals surface area contributed by atoms with Crippen molar-refractivity contribution in [2.45, 2.75) is 33.1 Å². The maximum absolute atomic E-state index is 11.7. The van der Waals surface area contributed by atoms with Gasteiger partial charge in [-0.15, -0.1) is 0 Å². The number of carbonyl (C=O) groups is 1. The first-order valence-electron chi connectivity index (χ1n) is 6.24. The third kappa shape index (κ3) is 2.72. The van der Waals surface area contributed by atoms with E-state index in [9.17, 15) is 4.79 Å². The Hall–Kier alpha value is -0.940. The molecule has 100 valence electrons. The van der Waals surface area contributed by atoms with Gasteiger partial charge in [-0.3, -0.25) is 4.79 Å². The smallest absolute Gasteiger partial charge is 0.186 e. The van der Waals surface area contributed by atoms with Crippen LogP contribution in [0.4, 0.5) is 5.13 Å². The lowest BCUT2D eigenvalue weighted by atomic mass is 9.91. The third-order valence-electron chi connectivity index (χ3n) is 2.93. The van der Waals surface area contributed by atoms with Crippen LogP contribution in [0, 0.1) is 0 Å². The van der Waals surface area contributed by atoms with Gasteiger partial charge in [0.15, 0.2) is 10.9 Å². The van der Waals surface area contributed by atoms with Gasteiger partial charge in [-0.05, 0) is 0 Å². The van der Waals surface area contributed by atoms with Crippen LogP contribution < -0.4 is 4.90 Å². The topological polar surface area (TPSA) is 42.4 Å². The Kier molecular flexibility index (Phi) is 3.73. The van der Waals surface area contributed by atoms with Crippen molar-refractivity contribution in [2.24, 2.45) is 0 Å². The Morgan fingerprint density at radius 1 is 1.33 bits per heavy atom. The fraction of sp³-hybridized carbons (Fsp3) is 0.692. The number of Topliss-reactive ketones (excluding diaryl/α,β-unsaturated/α-hetero) is 1. The van der Waals surface area contributed by atoms with Crippen LogP contribution in [0.25, 0.3) is 0 Å². The highest BCUT2D eigenvalue weighted by Crippen LogP contribution is 2.34. The molecule has 5 heteroatoms. The summed E-state index contributed by atoms with van der Waals surface area (Å²) in [5.41, 5.74) is 0.823. The van der Waals surface area contributed by atoms with E-state index in [1.807, 2.05) is 0 Å². The van der Waals surface area contributed by atoms with Gasteiger partial charge in [0.2, 0.25) is 0 Å². The van der Waals surface area contributed by atoms with E-state index >= 15 is 0 Å². The number of carbonyl (C=O) groups excluding carboxylic acids is 1. The maximum Gasteiger partial charge on any atom is 0.186 e. The second-order valence-electron chi connectivity index (χ2n) is 5.58. The fourth-order valence-corrected chi connectivity index (χ4v) is 3.17. The van der Waals surface area contributed by atoms with Crippen molar-refractivity contribution < 1.29 is 9.53 Å². The maximum atomic E-state index is 11.7. The Morgan fingerprint density at radius 3 is 2.39 bits per heavy atom. The summed E-state index contributed by atoms with van der Waals surface area (Å²) in [6.07, 6.45) is 0. The molecule has 0 spiro atoms. The Morgan fingerprint density at radius 2 is 1.94 bits per heavy atom. The molecule has 0 atom stereocenters. The van der Waals surface area contributed by atoms with Gasteiger partial charge in [0, 0.05) is 25.4 Å². The van der Waals surface area contributed by atoms with E-state index in [0.717, 1.165) is 42.0 Å². The van der Waals surface area contributed by atoms with Gasteiger partial charge >= 0.3 is 0 Å².